The summed E-state index contributed by atoms with van der Waals surface area (Å²) in [6, 6.07) is 15.3. The quantitative estimate of drug-likeness (QED) is 0.515. The van der Waals surface area contributed by atoms with E-state index in [-0.39, 0.29) is 11.5 Å². The van der Waals surface area contributed by atoms with E-state index >= 15 is 0 Å². The van der Waals surface area contributed by atoms with Crippen molar-refractivity contribution in [2.24, 2.45) is 5.92 Å². The van der Waals surface area contributed by atoms with Gasteiger partial charge in [0.25, 0.3) is 11.5 Å². The average molecular weight is 490 g/mol. The molecule has 3 aromatic rings. The molecule has 2 heterocycles. The van der Waals surface area contributed by atoms with E-state index in [0.717, 1.165) is 31.2 Å². The van der Waals surface area contributed by atoms with Gasteiger partial charge >= 0.3 is 0 Å². The van der Waals surface area contributed by atoms with Gasteiger partial charge in [0.05, 0.1) is 14.2 Å². The third-order valence-electron chi connectivity index (χ3n) is 7.19. The number of aryl methyl sites for hydroxylation is 1. The lowest BCUT2D eigenvalue weighted by Gasteiger charge is -2.21. The summed E-state index contributed by atoms with van der Waals surface area (Å²) in [5.74, 6) is 0.953. The number of aromatic nitrogens is 2. The molecule has 8 heteroatoms. The van der Waals surface area contributed by atoms with Crippen LogP contribution < -0.4 is 15.0 Å². The standard InChI is InChI=1S/C28H31N3O5/c1-35-21-9-6-10-22(36-2)25(21)31-23(14-13-18-11-12-18)29-26(32)24(28(31)34)27(33)30-16-15-20(17-30)19-7-4-3-5-8-19/h3-10,18,20,32H,11-17H2,1-2H3/t20-/m1/s1. The minimum Gasteiger partial charge on any atom is -0.494 e. The lowest BCUT2D eigenvalue weighted by molar-refractivity contribution is 0.0784. The minimum atomic E-state index is -0.621. The first-order valence-electron chi connectivity index (χ1n) is 12.4. The van der Waals surface area contributed by atoms with E-state index in [4.69, 9.17) is 9.47 Å². The van der Waals surface area contributed by atoms with Crippen LogP contribution in [0.4, 0.5) is 0 Å². The normalized spacial score (nSPS) is 17.3. The molecule has 0 unspecified atom stereocenters. The molecule has 2 aromatic carbocycles. The molecule has 1 aliphatic carbocycles. The molecular weight excluding hydrogens is 458 g/mol. The summed E-state index contributed by atoms with van der Waals surface area (Å²) < 4.78 is 12.5. The molecule has 1 atom stereocenters. The fourth-order valence-corrected chi connectivity index (χ4v) is 5.03. The second kappa shape index (κ2) is 10.0. The molecule has 0 bridgehead atoms. The molecule has 1 saturated carbocycles. The molecule has 2 fully saturated rings. The highest BCUT2D eigenvalue weighted by Gasteiger charge is 2.34. The number of benzene rings is 2. The zero-order valence-electron chi connectivity index (χ0n) is 20.6. The Bertz CT molecular complexity index is 1290. The van der Waals surface area contributed by atoms with Gasteiger partial charge in [0.1, 0.15) is 23.0 Å². The van der Waals surface area contributed by atoms with E-state index in [0.29, 0.717) is 48.4 Å². The summed E-state index contributed by atoms with van der Waals surface area (Å²) >= 11 is 0. The Kier molecular flexibility index (Phi) is 6.67. The molecule has 1 amide bonds. The SMILES string of the molecule is COc1cccc(OC)c1-n1c(CCC2CC2)nc(O)c(C(=O)N2CC[C@@H](c3ccccc3)C2)c1=O. The maximum absolute atomic E-state index is 14.0. The van der Waals surface area contributed by atoms with Gasteiger partial charge in [-0.2, -0.15) is 4.98 Å². The van der Waals surface area contributed by atoms with Crippen molar-refractivity contribution in [2.45, 2.75) is 38.0 Å². The van der Waals surface area contributed by atoms with E-state index in [1.54, 1.807) is 23.1 Å². The summed E-state index contributed by atoms with van der Waals surface area (Å²) in [5.41, 5.74) is 0.585. The van der Waals surface area contributed by atoms with E-state index in [2.05, 4.69) is 4.98 Å². The van der Waals surface area contributed by atoms with E-state index in [1.807, 2.05) is 30.3 Å². The highest BCUT2D eigenvalue weighted by atomic mass is 16.5. The van der Waals surface area contributed by atoms with Crippen molar-refractivity contribution in [1.82, 2.24) is 14.5 Å². The zero-order chi connectivity index (χ0) is 25.2. The van der Waals surface area contributed by atoms with Gasteiger partial charge in [0.2, 0.25) is 5.88 Å². The van der Waals surface area contributed by atoms with Crippen molar-refractivity contribution in [2.75, 3.05) is 27.3 Å². The number of amides is 1. The van der Waals surface area contributed by atoms with Gasteiger partial charge in [-0.15, -0.1) is 0 Å². The Hall–Kier alpha value is -3.81. The van der Waals surface area contributed by atoms with Crippen LogP contribution in [0, 0.1) is 5.92 Å². The molecule has 1 N–H and O–H groups in total. The zero-order valence-corrected chi connectivity index (χ0v) is 20.6. The van der Waals surface area contributed by atoms with Crippen LogP contribution in [0.1, 0.15) is 53.3 Å². The highest BCUT2D eigenvalue weighted by molar-refractivity contribution is 5.96. The molecule has 8 nitrogen and oxygen atoms in total. The van der Waals surface area contributed by atoms with Gasteiger partial charge in [0, 0.05) is 25.4 Å². The molecule has 36 heavy (non-hydrogen) atoms. The first-order valence-corrected chi connectivity index (χ1v) is 12.4. The second-order valence-electron chi connectivity index (χ2n) is 9.51. The molecule has 1 aliphatic heterocycles. The van der Waals surface area contributed by atoms with Gasteiger partial charge < -0.3 is 19.5 Å². The Morgan fingerprint density at radius 3 is 2.36 bits per heavy atom. The van der Waals surface area contributed by atoms with Gasteiger partial charge in [-0.3, -0.25) is 14.2 Å². The molecule has 0 spiro atoms. The Morgan fingerprint density at radius 2 is 1.72 bits per heavy atom. The fraction of sp³-hybridized carbons (Fsp3) is 0.393. The number of nitrogens with zero attached hydrogens (tertiary/aromatic N) is 3. The molecule has 1 aromatic heterocycles. The maximum Gasteiger partial charge on any atom is 0.275 e. The van der Waals surface area contributed by atoms with Crippen molar-refractivity contribution in [3.63, 3.8) is 0 Å². The van der Waals surface area contributed by atoms with Crippen molar-refractivity contribution in [1.29, 1.82) is 0 Å². The molecule has 5 rings (SSSR count). The van der Waals surface area contributed by atoms with Crippen LogP contribution in [0.25, 0.3) is 5.69 Å². The highest BCUT2D eigenvalue weighted by Crippen LogP contribution is 2.36. The van der Waals surface area contributed by atoms with Crippen LogP contribution >= 0.6 is 0 Å². The first-order chi connectivity index (χ1) is 17.5. The smallest absolute Gasteiger partial charge is 0.275 e. The third kappa shape index (κ3) is 4.55. The summed E-state index contributed by atoms with van der Waals surface area (Å²) in [5, 5.41) is 10.9. The lowest BCUT2D eigenvalue weighted by atomic mass is 9.99. The summed E-state index contributed by atoms with van der Waals surface area (Å²) in [4.78, 5) is 33.6. The average Bonchev–Trinajstić information content (AvgIpc) is 3.60. The van der Waals surface area contributed by atoms with Crippen molar-refractivity contribution in [3.8, 4) is 23.1 Å². The minimum absolute atomic E-state index is 0.180. The van der Waals surface area contributed by atoms with Crippen LogP contribution in [-0.2, 0) is 6.42 Å². The third-order valence-corrected chi connectivity index (χ3v) is 7.19. The van der Waals surface area contributed by atoms with Crippen molar-refractivity contribution >= 4 is 5.91 Å². The summed E-state index contributed by atoms with van der Waals surface area (Å²) in [6.07, 6.45) is 4.44. The lowest BCUT2D eigenvalue weighted by Crippen LogP contribution is -2.37. The summed E-state index contributed by atoms with van der Waals surface area (Å²) in [6.45, 7) is 0.974. The number of carbonyl (C=O) groups is 1. The molecule has 2 aliphatic rings. The number of rotatable bonds is 8. The number of carbonyl (C=O) groups excluding carboxylic acids is 1. The molecule has 188 valence electrons. The van der Waals surface area contributed by atoms with Crippen LogP contribution in [0.5, 0.6) is 17.4 Å². The monoisotopic (exact) mass is 489 g/mol. The maximum atomic E-state index is 14.0. The number of para-hydroxylation sites is 1. The number of aromatic hydroxyl groups is 1. The van der Waals surface area contributed by atoms with Crippen LogP contribution in [0.15, 0.2) is 53.3 Å². The molecule has 0 radical (unpaired) electrons. The topological polar surface area (TPSA) is 93.9 Å². The number of methoxy groups -OCH3 is 2. The Balaban J connectivity index is 1.57. The second-order valence-corrected chi connectivity index (χ2v) is 9.51. The van der Waals surface area contributed by atoms with Gasteiger partial charge in [-0.1, -0.05) is 49.2 Å². The van der Waals surface area contributed by atoms with E-state index in [1.165, 1.54) is 18.8 Å². The largest absolute Gasteiger partial charge is 0.494 e. The fourth-order valence-electron chi connectivity index (χ4n) is 5.03. The summed E-state index contributed by atoms with van der Waals surface area (Å²) in [7, 11) is 3.03. The van der Waals surface area contributed by atoms with E-state index < -0.39 is 17.3 Å². The Labute approximate surface area is 210 Å². The number of hydrogen-bond donors (Lipinski definition) is 1. The van der Waals surface area contributed by atoms with Crippen LogP contribution in [-0.4, -0.2) is 52.8 Å². The van der Waals surface area contributed by atoms with Gasteiger partial charge in [0.15, 0.2) is 5.56 Å². The van der Waals surface area contributed by atoms with Gasteiger partial charge in [-0.05, 0) is 36.5 Å². The number of likely N-dealkylation sites (tertiary alicyclic amines) is 1. The predicted octanol–water partition coefficient (Wildman–Crippen LogP) is 3.93. The molecule has 1 saturated heterocycles. The van der Waals surface area contributed by atoms with Gasteiger partial charge in [-0.25, -0.2) is 0 Å². The van der Waals surface area contributed by atoms with Crippen LogP contribution in [0.2, 0.25) is 0 Å². The Morgan fingerprint density at radius 1 is 1.03 bits per heavy atom. The van der Waals surface area contributed by atoms with E-state index in [9.17, 15) is 14.7 Å². The van der Waals surface area contributed by atoms with Crippen LogP contribution in [0.3, 0.4) is 0 Å². The number of hydrogen-bond acceptors (Lipinski definition) is 6. The number of ether oxygens (including phenoxy) is 2. The predicted molar refractivity (Wildman–Crippen MR) is 135 cm³/mol. The first kappa shape index (κ1) is 23.9. The van der Waals surface area contributed by atoms with Crippen molar-refractivity contribution < 1.29 is 19.4 Å². The van der Waals surface area contributed by atoms with Crippen molar-refractivity contribution in [3.05, 3.63) is 75.8 Å². The molecular formula is C28H31N3O5.